The zero-order chi connectivity index (χ0) is 15.0. The van der Waals surface area contributed by atoms with E-state index in [2.05, 4.69) is 25.8 Å². The topological polar surface area (TPSA) is 79.3 Å². The Bertz CT molecular complexity index is 753. The number of fused-ring (bicyclic) bond motifs is 1. The lowest BCUT2D eigenvalue weighted by molar-refractivity contribution is -0.121. The smallest absolute Gasteiger partial charge is 0.240 e. The molecule has 21 heavy (non-hydrogen) atoms. The monoisotopic (exact) mass is 283 g/mol. The van der Waals surface area contributed by atoms with E-state index in [4.69, 9.17) is 0 Å². The molecule has 1 aromatic carbocycles. The third-order valence-electron chi connectivity index (χ3n) is 3.60. The lowest BCUT2D eigenvalue weighted by Gasteiger charge is -2.19. The molecular formula is C15H17N5O. The lowest BCUT2D eigenvalue weighted by Crippen LogP contribution is -2.31. The van der Waals surface area contributed by atoms with Gasteiger partial charge in [-0.2, -0.15) is 5.10 Å². The van der Waals surface area contributed by atoms with Crippen LogP contribution in [0.2, 0.25) is 0 Å². The van der Waals surface area contributed by atoms with Crippen LogP contribution in [0.3, 0.4) is 0 Å². The number of amides is 1. The zero-order valence-electron chi connectivity index (χ0n) is 12.3. The summed E-state index contributed by atoms with van der Waals surface area (Å²) < 4.78 is 0. The first-order chi connectivity index (χ1) is 10.1. The summed E-state index contributed by atoms with van der Waals surface area (Å²) >= 11 is 0. The Kier molecular flexibility index (Phi) is 3.29. The minimum atomic E-state index is -0.0392. The fourth-order valence-corrected chi connectivity index (χ4v) is 2.60. The summed E-state index contributed by atoms with van der Waals surface area (Å²) in [6.45, 7) is 3.87. The van der Waals surface area contributed by atoms with Crippen molar-refractivity contribution in [2.24, 2.45) is 11.0 Å². The Morgan fingerprint density at radius 1 is 1.33 bits per heavy atom. The molecule has 6 heteroatoms. The van der Waals surface area contributed by atoms with Gasteiger partial charge in [0.15, 0.2) is 0 Å². The molecule has 1 aliphatic rings. The van der Waals surface area contributed by atoms with E-state index in [0.29, 0.717) is 6.42 Å². The summed E-state index contributed by atoms with van der Waals surface area (Å²) in [5, 5.41) is 8.25. The highest BCUT2D eigenvalue weighted by Crippen LogP contribution is 2.24. The Morgan fingerprint density at radius 3 is 2.86 bits per heavy atom. The highest BCUT2D eigenvalue weighted by Gasteiger charge is 2.22. The fourth-order valence-electron chi connectivity index (χ4n) is 2.60. The molecule has 0 bridgehead atoms. The van der Waals surface area contributed by atoms with Crippen molar-refractivity contribution in [2.45, 2.75) is 20.3 Å². The summed E-state index contributed by atoms with van der Waals surface area (Å²) in [5.41, 5.74) is 5.29. The van der Waals surface area contributed by atoms with E-state index in [1.54, 1.807) is 0 Å². The van der Waals surface area contributed by atoms with Gasteiger partial charge < -0.3 is 5.32 Å². The fraction of sp³-hybridized carbons (Fsp3) is 0.333. The van der Waals surface area contributed by atoms with Crippen LogP contribution in [-0.4, -0.2) is 28.6 Å². The van der Waals surface area contributed by atoms with Gasteiger partial charge in [-0.3, -0.25) is 4.79 Å². The van der Waals surface area contributed by atoms with Gasteiger partial charge in [0.05, 0.1) is 11.2 Å². The number of aromatic nitrogens is 2. The minimum Gasteiger partial charge on any atom is -0.373 e. The van der Waals surface area contributed by atoms with E-state index in [0.717, 1.165) is 33.8 Å². The SMILES string of the molecule is CNc1nc(C)nc2cc(C3=NNC(=O)CC3C)ccc12. The lowest BCUT2D eigenvalue weighted by atomic mass is 9.93. The van der Waals surface area contributed by atoms with Crippen LogP contribution < -0.4 is 10.7 Å². The molecule has 0 aliphatic carbocycles. The molecule has 0 saturated heterocycles. The molecule has 1 atom stereocenters. The van der Waals surface area contributed by atoms with Crippen LogP contribution in [0, 0.1) is 12.8 Å². The molecule has 3 rings (SSSR count). The van der Waals surface area contributed by atoms with Crippen LogP contribution in [0.4, 0.5) is 5.82 Å². The number of carbonyl (C=O) groups excluding carboxylic acids is 1. The molecule has 2 aromatic rings. The van der Waals surface area contributed by atoms with Gasteiger partial charge in [0.1, 0.15) is 11.6 Å². The van der Waals surface area contributed by atoms with Gasteiger partial charge in [-0.15, -0.1) is 0 Å². The maximum atomic E-state index is 11.3. The van der Waals surface area contributed by atoms with E-state index in [9.17, 15) is 4.79 Å². The van der Waals surface area contributed by atoms with Crippen LogP contribution in [0.15, 0.2) is 23.3 Å². The van der Waals surface area contributed by atoms with Gasteiger partial charge in [-0.1, -0.05) is 13.0 Å². The Labute approximate surface area is 122 Å². The number of hydrazone groups is 1. The molecule has 108 valence electrons. The van der Waals surface area contributed by atoms with E-state index in [-0.39, 0.29) is 11.8 Å². The largest absolute Gasteiger partial charge is 0.373 e. The van der Waals surface area contributed by atoms with E-state index in [1.165, 1.54) is 0 Å². The maximum absolute atomic E-state index is 11.3. The first-order valence-corrected chi connectivity index (χ1v) is 6.91. The van der Waals surface area contributed by atoms with Gasteiger partial charge in [-0.25, -0.2) is 15.4 Å². The molecule has 2 heterocycles. The van der Waals surface area contributed by atoms with E-state index in [1.807, 2.05) is 39.1 Å². The van der Waals surface area contributed by atoms with E-state index >= 15 is 0 Å². The predicted octanol–water partition coefficient (Wildman–Crippen LogP) is 1.84. The molecule has 1 amide bonds. The predicted molar refractivity (Wildman–Crippen MR) is 82.3 cm³/mol. The summed E-state index contributed by atoms with van der Waals surface area (Å²) in [4.78, 5) is 20.2. The number of anilines is 1. The van der Waals surface area contributed by atoms with Crippen LogP contribution in [0.5, 0.6) is 0 Å². The first-order valence-electron chi connectivity index (χ1n) is 6.91. The number of rotatable bonds is 2. The molecular weight excluding hydrogens is 266 g/mol. The molecule has 1 aromatic heterocycles. The third-order valence-corrected chi connectivity index (χ3v) is 3.60. The Balaban J connectivity index is 2.11. The molecule has 0 saturated carbocycles. The summed E-state index contributed by atoms with van der Waals surface area (Å²) in [6, 6.07) is 5.98. The zero-order valence-corrected chi connectivity index (χ0v) is 12.3. The Morgan fingerprint density at radius 2 is 2.14 bits per heavy atom. The Hall–Kier alpha value is -2.50. The second-order valence-corrected chi connectivity index (χ2v) is 5.24. The number of hydrogen-bond acceptors (Lipinski definition) is 5. The number of hydrogen-bond donors (Lipinski definition) is 2. The maximum Gasteiger partial charge on any atom is 0.240 e. The highest BCUT2D eigenvalue weighted by atomic mass is 16.2. The van der Waals surface area contributed by atoms with Gasteiger partial charge in [0, 0.05) is 30.3 Å². The summed E-state index contributed by atoms with van der Waals surface area (Å²) in [6.07, 6.45) is 0.460. The van der Waals surface area contributed by atoms with Crippen LogP contribution in [0.1, 0.15) is 24.7 Å². The van der Waals surface area contributed by atoms with Crippen molar-refractivity contribution in [2.75, 3.05) is 12.4 Å². The minimum absolute atomic E-state index is 0.0392. The van der Waals surface area contributed by atoms with Crippen molar-refractivity contribution in [1.82, 2.24) is 15.4 Å². The van der Waals surface area contributed by atoms with Crippen molar-refractivity contribution in [3.63, 3.8) is 0 Å². The average molecular weight is 283 g/mol. The molecule has 0 radical (unpaired) electrons. The van der Waals surface area contributed by atoms with Gasteiger partial charge in [0.2, 0.25) is 5.91 Å². The second-order valence-electron chi connectivity index (χ2n) is 5.24. The van der Waals surface area contributed by atoms with Gasteiger partial charge in [-0.05, 0) is 19.1 Å². The van der Waals surface area contributed by atoms with Gasteiger partial charge >= 0.3 is 0 Å². The van der Waals surface area contributed by atoms with Crippen molar-refractivity contribution in [1.29, 1.82) is 0 Å². The molecule has 1 aliphatic heterocycles. The van der Waals surface area contributed by atoms with Crippen molar-refractivity contribution < 1.29 is 4.79 Å². The highest BCUT2D eigenvalue weighted by molar-refractivity contribution is 6.07. The molecule has 2 N–H and O–H groups in total. The normalized spacial score (nSPS) is 18.3. The van der Waals surface area contributed by atoms with Crippen LogP contribution in [0.25, 0.3) is 10.9 Å². The van der Waals surface area contributed by atoms with Gasteiger partial charge in [0.25, 0.3) is 0 Å². The summed E-state index contributed by atoms with van der Waals surface area (Å²) in [5.74, 6) is 1.59. The van der Waals surface area contributed by atoms with Crippen molar-refractivity contribution in [3.05, 3.63) is 29.6 Å². The number of carbonyl (C=O) groups is 1. The molecule has 0 fully saturated rings. The number of nitrogens with zero attached hydrogens (tertiary/aromatic N) is 3. The van der Waals surface area contributed by atoms with E-state index < -0.39 is 0 Å². The van der Waals surface area contributed by atoms with Crippen LogP contribution in [-0.2, 0) is 4.79 Å². The average Bonchev–Trinajstić information content (AvgIpc) is 2.45. The standard InChI is InChI=1S/C15H17N5O/c1-8-6-13(21)19-20-14(8)10-4-5-11-12(7-10)17-9(2)18-15(11)16-3/h4-5,7-8H,6H2,1-3H3,(H,19,21)(H,16,17,18). The van der Waals surface area contributed by atoms with Crippen molar-refractivity contribution >= 4 is 28.3 Å². The quantitative estimate of drug-likeness (QED) is 0.881. The second kappa shape index (κ2) is 5.12. The first kappa shape index (κ1) is 13.5. The van der Waals surface area contributed by atoms with Crippen LogP contribution >= 0.6 is 0 Å². The third kappa shape index (κ3) is 2.44. The molecule has 1 unspecified atom stereocenters. The molecule has 6 nitrogen and oxygen atoms in total. The number of aryl methyl sites for hydroxylation is 1. The van der Waals surface area contributed by atoms with Crippen molar-refractivity contribution in [3.8, 4) is 0 Å². The summed E-state index contributed by atoms with van der Waals surface area (Å²) in [7, 11) is 1.85. The molecule has 0 spiro atoms. The number of nitrogens with one attached hydrogen (secondary N) is 2. The number of benzene rings is 1.